The minimum atomic E-state index is -0.537. The highest BCUT2D eigenvalue weighted by Gasteiger charge is 2.29. The van der Waals surface area contributed by atoms with Gasteiger partial charge in [0.05, 0.1) is 24.6 Å². The fourth-order valence-corrected chi connectivity index (χ4v) is 6.54. The molecule has 0 aromatic rings. The van der Waals surface area contributed by atoms with Crippen molar-refractivity contribution in [2.24, 2.45) is 0 Å². The standard InChI is InChI=1S/C20H45NP/c1-5-9-10-11-12-15-18-21-19-16-13-14-17-20-22(6-2,7-3)8-4/h21H,5-20H2,1-4H3/q+1. The van der Waals surface area contributed by atoms with Gasteiger partial charge in [-0.2, -0.15) is 0 Å². The molecule has 0 heterocycles. The molecule has 0 atom stereocenters. The van der Waals surface area contributed by atoms with Gasteiger partial charge in [0.1, 0.15) is 0 Å². The Morgan fingerprint density at radius 2 is 1.00 bits per heavy atom. The van der Waals surface area contributed by atoms with Gasteiger partial charge < -0.3 is 5.32 Å². The van der Waals surface area contributed by atoms with Gasteiger partial charge in [-0.15, -0.1) is 0 Å². The molecular formula is C20H45NP+. The Hall–Kier alpha value is 0.390. The lowest BCUT2D eigenvalue weighted by Crippen LogP contribution is -2.16. The second-order valence-corrected chi connectivity index (χ2v) is 12.0. The van der Waals surface area contributed by atoms with Crippen molar-refractivity contribution in [2.75, 3.05) is 37.7 Å². The van der Waals surface area contributed by atoms with Crippen molar-refractivity contribution in [3.8, 4) is 0 Å². The van der Waals surface area contributed by atoms with Crippen LogP contribution in [0.15, 0.2) is 0 Å². The number of nitrogens with one attached hydrogen (secondary N) is 1. The van der Waals surface area contributed by atoms with E-state index in [-0.39, 0.29) is 0 Å². The molecular weight excluding hydrogens is 285 g/mol. The maximum atomic E-state index is 3.62. The first-order chi connectivity index (χ1) is 10.7. The summed E-state index contributed by atoms with van der Waals surface area (Å²) in [5.41, 5.74) is 0. The Morgan fingerprint density at radius 1 is 0.545 bits per heavy atom. The van der Waals surface area contributed by atoms with Crippen LogP contribution in [0.1, 0.15) is 91.9 Å². The smallest absolute Gasteiger partial charge is 0.0594 e. The Morgan fingerprint density at radius 3 is 1.50 bits per heavy atom. The molecule has 0 aromatic heterocycles. The number of rotatable bonds is 17. The van der Waals surface area contributed by atoms with Gasteiger partial charge >= 0.3 is 0 Å². The van der Waals surface area contributed by atoms with Crippen molar-refractivity contribution in [1.29, 1.82) is 0 Å². The lowest BCUT2D eigenvalue weighted by molar-refractivity contribution is 0.552. The molecule has 0 saturated carbocycles. The van der Waals surface area contributed by atoms with Crippen LogP contribution in [0.5, 0.6) is 0 Å². The van der Waals surface area contributed by atoms with E-state index in [9.17, 15) is 0 Å². The van der Waals surface area contributed by atoms with Crippen molar-refractivity contribution in [3.05, 3.63) is 0 Å². The topological polar surface area (TPSA) is 12.0 Å². The number of hydrogen-bond acceptors (Lipinski definition) is 1. The highest BCUT2D eigenvalue weighted by molar-refractivity contribution is 7.75. The van der Waals surface area contributed by atoms with E-state index >= 15 is 0 Å². The lowest BCUT2D eigenvalue weighted by atomic mass is 10.1. The molecule has 0 rings (SSSR count). The van der Waals surface area contributed by atoms with Crippen LogP contribution in [0.25, 0.3) is 0 Å². The van der Waals surface area contributed by atoms with Crippen molar-refractivity contribution >= 4 is 7.26 Å². The van der Waals surface area contributed by atoms with Gasteiger partial charge in [0.2, 0.25) is 0 Å². The quantitative estimate of drug-likeness (QED) is 0.235. The fraction of sp³-hybridized carbons (Fsp3) is 1.00. The van der Waals surface area contributed by atoms with Crippen LogP contribution in [0.3, 0.4) is 0 Å². The maximum Gasteiger partial charge on any atom is 0.0594 e. The molecule has 0 fully saturated rings. The largest absolute Gasteiger partial charge is 0.317 e. The average Bonchev–Trinajstić information content (AvgIpc) is 2.56. The van der Waals surface area contributed by atoms with Crippen LogP contribution in [-0.2, 0) is 0 Å². The predicted molar refractivity (Wildman–Crippen MR) is 108 cm³/mol. The Bertz CT molecular complexity index is 205. The zero-order chi connectivity index (χ0) is 16.5. The second-order valence-electron chi connectivity index (χ2n) is 6.95. The van der Waals surface area contributed by atoms with E-state index in [4.69, 9.17) is 0 Å². The van der Waals surface area contributed by atoms with Crippen LogP contribution in [-0.4, -0.2) is 37.7 Å². The molecule has 0 bridgehead atoms. The molecule has 0 unspecified atom stereocenters. The zero-order valence-electron chi connectivity index (χ0n) is 16.3. The molecule has 0 spiro atoms. The SMILES string of the molecule is CCCCCCCCNCCCCCC[P+](CC)(CC)CC. The van der Waals surface area contributed by atoms with E-state index in [0.29, 0.717) is 0 Å². The van der Waals surface area contributed by atoms with Gasteiger partial charge in [-0.3, -0.25) is 0 Å². The molecule has 2 heteroatoms. The van der Waals surface area contributed by atoms with Gasteiger partial charge in [-0.1, -0.05) is 45.4 Å². The van der Waals surface area contributed by atoms with Crippen molar-refractivity contribution < 1.29 is 0 Å². The summed E-state index contributed by atoms with van der Waals surface area (Å²) >= 11 is 0. The summed E-state index contributed by atoms with van der Waals surface area (Å²) in [5.74, 6) is 0. The average molecular weight is 331 g/mol. The predicted octanol–water partition coefficient (Wildman–Crippen LogP) is 6.57. The summed E-state index contributed by atoms with van der Waals surface area (Å²) in [5, 5.41) is 3.62. The van der Waals surface area contributed by atoms with E-state index in [1.807, 2.05) is 0 Å². The maximum absolute atomic E-state index is 3.62. The monoisotopic (exact) mass is 330 g/mol. The minimum absolute atomic E-state index is 0.537. The Kier molecular flexibility index (Phi) is 16.5. The second kappa shape index (κ2) is 16.3. The summed E-state index contributed by atoms with van der Waals surface area (Å²) in [6, 6.07) is 0. The minimum Gasteiger partial charge on any atom is -0.317 e. The molecule has 0 saturated heterocycles. The number of unbranched alkanes of at least 4 members (excludes halogenated alkanes) is 8. The van der Waals surface area contributed by atoms with Crippen LogP contribution in [0.2, 0.25) is 0 Å². The van der Waals surface area contributed by atoms with Gasteiger partial charge in [0, 0.05) is 7.26 Å². The van der Waals surface area contributed by atoms with E-state index < -0.39 is 7.26 Å². The molecule has 1 nitrogen and oxygen atoms in total. The summed E-state index contributed by atoms with van der Waals surface area (Å²) in [6.07, 6.45) is 20.2. The summed E-state index contributed by atoms with van der Waals surface area (Å²) in [7, 11) is -0.537. The molecule has 0 aliphatic rings. The summed E-state index contributed by atoms with van der Waals surface area (Å²) in [4.78, 5) is 0. The van der Waals surface area contributed by atoms with E-state index in [1.165, 1.54) is 95.8 Å². The summed E-state index contributed by atoms with van der Waals surface area (Å²) in [6.45, 7) is 12.0. The molecule has 134 valence electrons. The molecule has 0 aliphatic heterocycles. The first-order valence-electron chi connectivity index (χ1n) is 10.3. The first kappa shape index (κ1) is 22.4. The van der Waals surface area contributed by atoms with Crippen LogP contribution < -0.4 is 5.32 Å². The van der Waals surface area contributed by atoms with Gasteiger partial charge in [0.25, 0.3) is 0 Å². The number of hydrogen-bond donors (Lipinski definition) is 1. The van der Waals surface area contributed by atoms with E-state index in [1.54, 1.807) is 6.16 Å². The lowest BCUT2D eigenvalue weighted by Gasteiger charge is -2.23. The van der Waals surface area contributed by atoms with Crippen molar-refractivity contribution in [2.45, 2.75) is 91.9 Å². The van der Waals surface area contributed by atoms with Gasteiger partial charge in [0.15, 0.2) is 0 Å². The molecule has 22 heavy (non-hydrogen) atoms. The zero-order valence-corrected chi connectivity index (χ0v) is 17.2. The third-order valence-electron chi connectivity index (χ3n) is 5.46. The highest BCUT2D eigenvalue weighted by atomic mass is 31.2. The van der Waals surface area contributed by atoms with Crippen molar-refractivity contribution in [3.63, 3.8) is 0 Å². The Labute approximate surface area is 142 Å². The molecule has 1 N–H and O–H groups in total. The third-order valence-corrected chi connectivity index (χ3v) is 10.7. The third kappa shape index (κ3) is 11.9. The normalized spacial score (nSPS) is 12.0. The van der Waals surface area contributed by atoms with Crippen LogP contribution in [0.4, 0.5) is 0 Å². The van der Waals surface area contributed by atoms with Gasteiger partial charge in [-0.25, -0.2) is 0 Å². The Balaban J connectivity index is 3.27. The van der Waals surface area contributed by atoms with Crippen LogP contribution in [0, 0.1) is 0 Å². The van der Waals surface area contributed by atoms with Crippen molar-refractivity contribution in [1.82, 2.24) is 5.32 Å². The molecule has 0 radical (unpaired) electrons. The first-order valence-corrected chi connectivity index (χ1v) is 12.8. The fourth-order valence-electron chi connectivity index (χ4n) is 3.35. The van der Waals surface area contributed by atoms with Crippen LogP contribution >= 0.6 is 7.26 Å². The van der Waals surface area contributed by atoms with E-state index in [0.717, 1.165) is 0 Å². The summed E-state index contributed by atoms with van der Waals surface area (Å²) < 4.78 is 0. The molecule has 0 aliphatic carbocycles. The highest BCUT2D eigenvalue weighted by Crippen LogP contribution is 2.58. The molecule has 0 amide bonds. The van der Waals surface area contributed by atoms with E-state index in [2.05, 4.69) is 33.0 Å². The molecule has 0 aromatic carbocycles. The van der Waals surface area contributed by atoms with Gasteiger partial charge in [-0.05, 0) is 59.5 Å².